The van der Waals surface area contributed by atoms with E-state index >= 15 is 0 Å². The Balaban J connectivity index is 2.93. The maximum absolute atomic E-state index is 3.73. The smallest absolute Gasteiger partial charge is 0.0492 e. The van der Waals surface area contributed by atoms with Crippen molar-refractivity contribution in [2.75, 3.05) is 5.33 Å². The molecular formula is C10H10Br2. The van der Waals surface area contributed by atoms with E-state index in [2.05, 4.69) is 50.6 Å². The minimum absolute atomic E-state index is 0.386. The third-order valence-corrected chi connectivity index (χ3v) is 4.01. The summed E-state index contributed by atoms with van der Waals surface area (Å²) in [6, 6.07) is 8.33. The standard InChI is InChI=1S/C10H10Br2/c1-2-8-4-3-5-9(6-8)10(12)7-11/h2-6,10H,1,7H2. The molecule has 1 aromatic rings. The second-order valence-corrected chi connectivity index (χ2v) is 4.25. The first kappa shape index (κ1) is 10.0. The molecule has 1 rings (SSSR count). The molecule has 0 N–H and O–H groups in total. The Morgan fingerprint density at radius 2 is 2.25 bits per heavy atom. The molecule has 0 heterocycles. The van der Waals surface area contributed by atoms with Crippen LogP contribution in [0.5, 0.6) is 0 Å². The summed E-state index contributed by atoms with van der Waals surface area (Å²) < 4.78 is 0. The predicted octanol–water partition coefficient (Wildman–Crippen LogP) is 4.16. The molecule has 0 nitrogen and oxygen atoms in total. The molecule has 1 aromatic carbocycles. The van der Waals surface area contributed by atoms with Crippen molar-refractivity contribution in [1.82, 2.24) is 0 Å². The lowest BCUT2D eigenvalue weighted by Crippen LogP contribution is -1.90. The van der Waals surface area contributed by atoms with Gasteiger partial charge in [0, 0.05) is 10.2 Å². The van der Waals surface area contributed by atoms with Crippen LogP contribution in [0.1, 0.15) is 16.0 Å². The summed E-state index contributed by atoms with van der Waals surface area (Å²) >= 11 is 6.99. The van der Waals surface area contributed by atoms with Gasteiger partial charge in [0.25, 0.3) is 0 Å². The second-order valence-electron chi connectivity index (χ2n) is 2.50. The van der Waals surface area contributed by atoms with E-state index < -0.39 is 0 Å². The van der Waals surface area contributed by atoms with Crippen LogP contribution in [0.2, 0.25) is 0 Å². The number of alkyl halides is 2. The monoisotopic (exact) mass is 288 g/mol. The first-order chi connectivity index (χ1) is 5.77. The molecule has 0 spiro atoms. The van der Waals surface area contributed by atoms with Gasteiger partial charge >= 0.3 is 0 Å². The van der Waals surface area contributed by atoms with Crippen molar-refractivity contribution in [2.45, 2.75) is 4.83 Å². The topological polar surface area (TPSA) is 0 Å². The van der Waals surface area contributed by atoms with E-state index in [1.807, 2.05) is 18.2 Å². The average molecular weight is 290 g/mol. The normalized spacial score (nSPS) is 12.5. The summed E-state index contributed by atoms with van der Waals surface area (Å²) in [5, 5.41) is 0.924. The number of rotatable bonds is 3. The molecule has 12 heavy (non-hydrogen) atoms. The zero-order chi connectivity index (χ0) is 8.97. The van der Waals surface area contributed by atoms with Gasteiger partial charge in [-0.05, 0) is 11.1 Å². The summed E-state index contributed by atoms with van der Waals surface area (Å²) in [6.45, 7) is 3.73. The lowest BCUT2D eigenvalue weighted by atomic mass is 10.1. The molecule has 0 aliphatic heterocycles. The highest BCUT2D eigenvalue weighted by atomic mass is 79.9. The largest absolute Gasteiger partial charge is 0.0985 e. The Morgan fingerprint density at radius 1 is 1.50 bits per heavy atom. The van der Waals surface area contributed by atoms with Crippen LogP contribution in [0.15, 0.2) is 30.8 Å². The fourth-order valence-corrected chi connectivity index (χ4v) is 1.63. The summed E-state index contributed by atoms with van der Waals surface area (Å²) in [7, 11) is 0. The van der Waals surface area contributed by atoms with Gasteiger partial charge in [0.05, 0.1) is 0 Å². The molecule has 64 valence electrons. The first-order valence-electron chi connectivity index (χ1n) is 3.70. The molecular weight excluding hydrogens is 280 g/mol. The van der Waals surface area contributed by atoms with Gasteiger partial charge < -0.3 is 0 Å². The fraction of sp³-hybridized carbons (Fsp3) is 0.200. The van der Waals surface area contributed by atoms with E-state index in [1.165, 1.54) is 5.56 Å². The molecule has 0 saturated heterocycles. The summed E-state index contributed by atoms with van der Waals surface area (Å²) in [5.41, 5.74) is 2.45. The van der Waals surface area contributed by atoms with Crippen LogP contribution < -0.4 is 0 Å². The van der Waals surface area contributed by atoms with E-state index in [1.54, 1.807) is 0 Å². The predicted molar refractivity (Wildman–Crippen MR) is 62.0 cm³/mol. The Bertz CT molecular complexity index is 268. The molecule has 0 fully saturated rings. The molecule has 0 aliphatic rings. The van der Waals surface area contributed by atoms with Gasteiger partial charge in [0.1, 0.15) is 0 Å². The van der Waals surface area contributed by atoms with E-state index in [4.69, 9.17) is 0 Å². The maximum atomic E-state index is 3.73. The number of halogens is 2. The van der Waals surface area contributed by atoms with Crippen molar-refractivity contribution in [3.63, 3.8) is 0 Å². The van der Waals surface area contributed by atoms with Gasteiger partial charge in [-0.2, -0.15) is 0 Å². The van der Waals surface area contributed by atoms with Crippen molar-refractivity contribution in [1.29, 1.82) is 0 Å². The van der Waals surface area contributed by atoms with Crippen molar-refractivity contribution >= 4 is 37.9 Å². The SMILES string of the molecule is C=Cc1cccc(C(Br)CBr)c1. The molecule has 1 unspecified atom stereocenters. The van der Waals surface area contributed by atoms with Crippen LogP contribution in [0, 0.1) is 0 Å². The van der Waals surface area contributed by atoms with E-state index in [-0.39, 0.29) is 0 Å². The summed E-state index contributed by atoms with van der Waals surface area (Å²) in [6.07, 6.45) is 1.86. The van der Waals surface area contributed by atoms with Crippen molar-refractivity contribution in [3.05, 3.63) is 42.0 Å². The van der Waals surface area contributed by atoms with Gasteiger partial charge in [0.15, 0.2) is 0 Å². The summed E-state index contributed by atoms with van der Waals surface area (Å²) in [5.74, 6) is 0. The fourth-order valence-electron chi connectivity index (χ4n) is 0.970. The minimum atomic E-state index is 0.386. The van der Waals surface area contributed by atoms with Gasteiger partial charge in [-0.15, -0.1) is 0 Å². The van der Waals surface area contributed by atoms with Crippen LogP contribution >= 0.6 is 31.9 Å². The molecule has 0 bridgehead atoms. The number of hydrogen-bond acceptors (Lipinski definition) is 0. The molecule has 0 aromatic heterocycles. The van der Waals surface area contributed by atoms with Crippen LogP contribution in [0.25, 0.3) is 6.08 Å². The van der Waals surface area contributed by atoms with Gasteiger partial charge in [0.2, 0.25) is 0 Å². The van der Waals surface area contributed by atoms with Gasteiger partial charge in [-0.1, -0.05) is 68.8 Å². The van der Waals surface area contributed by atoms with Crippen LogP contribution in [0.3, 0.4) is 0 Å². The highest BCUT2D eigenvalue weighted by molar-refractivity contribution is 9.12. The third-order valence-electron chi connectivity index (χ3n) is 1.64. The zero-order valence-corrected chi connectivity index (χ0v) is 9.81. The summed E-state index contributed by atoms with van der Waals surface area (Å²) in [4.78, 5) is 0.386. The number of hydrogen-bond donors (Lipinski definition) is 0. The minimum Gasteiger partial charge on any atom is -0.0985 e. The van der Waals surface area contributed by atoms with Crippen molar-refractivity contribution in [3.8, 4) is 0 Å². The lowest BCUT2D eigenvalue weighted by molar-refractivity contribution is 1.15. The zero-order valence-electron chi connectivity index (χ0n) is 6.63. The molecule has 2 heteroatoms. The Labute approximate surface area is 89.9 Å². The Hall–Kier alpha value is -0.0800. The van der Waals surface area contributed by atoms with Gasteiger partial charge in [-0.3, -0.25) is 0 Å². The molecule has 0 radical (unpaired) electrons. The van der Waals surface area contributed by atoms with Gasteiger partial charge in [-0.25, -0.2) is 0 Å². The van der Waals surface area contributed by atoms with Crippen molar-refractivity contribution < 1.29 is 0 Å². The van der Waals surface area contributed by atoms with Crippen LogP contribution in [-0.4, -0.2) is 5.33 Å². The second kappa shape index (κ2) is 4.83. The highest BCUT2D eigenvalue weighted by Crippen LogP contribution is 2.25. The van der Waals surface area contributed by atoms with E-state index in [0.29, 0.717) is 4.83 Å². The lowest BCUT2D eigenvalue weighted by Gasteiger charge is -2.06. The third kappa shape index (κ3) is 2.46. The van der Waals surface area contributed by atoms with E-state index in [0.717, 1.165) is 10.9 Å². The maximum Gasteiger partial charge on any atom is 0.0492 e. The molecule has 0 saturated carbocycles. The van der Waals surface area contributed by atoms with E-state index in [9.17, 15) is 0 Å². The highest BCUT2D eigenvalue weighted by Gasteiger charge is 2.04. The quantitative estimate of drug-likeness (QED) is 0.733. The Kier molecular flexibility index (Phi) is 4.02. The Morgan fingerprint density at radius 3 is 2.83 bits per heavy atom. The van der Waals surface area contributed by atoms with Crippen molar-refractivity contribution in [2.24, 2.45) is 0 Å². The average Bonchev–Trinajstić information content (AvgIpc) is 2.17. The van der Waals surface area contributed by atoms with Crippen LogP contribution in [-0.2, 0) is 0 Å². The number of benzene rings is 1. The van der Waals surface area contributed by atoms with Crippen LogP contribution in [0.4, 0.5) is 0 Å². The molecule has 0 amide bonds. The molecule has 0 aliphatic carbocycles. The molecule has 1 atom stereocenters. The first-order valence-corrected chi connectivity index (χ1v) is 5.74.